The van der Waals surface area contributed by atoms with Gasteiger partial charge in [0.25, 0.3) is 5.91 Å². The van der Waals surface area contributed by atoms with Crippen molar-refractivity contribution >= 4 is 23.4 Å². The quantitative estimate of drug-likeness (QED) is 0.374. The third-order valence-electron chi connectivity index (χ3n) is 5.50. The molecule has 0 saturated heterocycles. The van der Waals surface area contributed by atoms with E-state index in [0.717, 1.165) is 35.6 Å². The Labute approximate surface area is 179 Å². The Kier molecular flexibility index (Phi) is 5.19. The molecule has 0 radical (unpaired) electrons. The first-order chi connectivity index (χ1) is 14.8. The van der Waals surface area contributed by atoms with Crippen LogP contribution in [0.4, 0.5) is 0 Å². The number of carbonyl (C=O) groups excluding carboxylic acids is 1. The van der Waals surface area contributed by atoms with E-state index in [0.29, 0.717) is 17.0 Å². The second kappa shape index (κ2) is 8.28. The van der Waals surface area contributed by atoms with Crippen LogP contribution < -0.4 is 5.43 Å². The summed E-state index contributed by atoms with van der Waals surface area (Å²) in [6.45, 7) is 0. The van der Waals surface area contributed by atoms with Crippen molar-refractivity contribution in [2.24, 2.45) is 16.9 Å². The van der Waals surface area contributed by atoms with Crippen LogP contribution in [0.1, 0.15) is 12.8 Å². The number of fused-ring (bicyclic) bond motifs is 1. The molecule has 2 atom stereocenters. The lowest BCUT2D eigenvalue weighted by atomic mass is 9.74. The second-order valence-corrected chi connectivity index (χ2v) is 8.35. The van der Waals surface area contributed by atoms with Gasteiger partial charge in [-0.1, -0.05) is 72.4 Å². The van der Waals surface area contributed by atoms with E-state index in [1.807, 2.05) is 65.2 Å². The summed E-state index contributed by atoms with van der Waals surface area (Å²) in [6.07, 6.45) is 6.45. The SMILES string of the molecule is O=C(CSc1nnc(-c2ccccc2)n1-c1ccccc1)N/N=C1\CC2C=CCC12. The Morgan fingerprint density at radius 2 is 1.87 bits per heavy atom. The van der Waals surface area contributed by atoms with E-state index in [4.69, 9.17) is 0 Å². The van der Waals surface area contributed by atoms with E-state index in [9.17, 15) is 4.79 Å². The molecular formula is C23H21N5OS. The molecule has 1 N–H and O–H groups in total. The summed E-state index contributed by atoms with van der Waals surface area (Å²) in [6, 6.07) is 19.9. The summed E-state index contributed by atoms with van der Waals surface area (Å²) in [5.74, 6) is 1.96. The van der Waals surface area contributed by atoms with E-state index in [1.54, 1.807) is 0 Å². The molecule has 5 rings (SSSR count). The number of allylic oxidation sites excluding steroid dienone is 2. The molecule has 0 spiro atoms. The van der Waals surface area contributed by atoms with Crippen molar-refractivity contribution in [2.75, 3.05) is 5.75 Å². The molecule has 30 heavy (non-hydrogen) atoms. The average molecular weight is 416 g/mol. The van der Waals surface area contributed by atoms with Crippen LogP contribution >= 0.6 is 11.8 Å². The fourth-order valence-electron chi connectivity index (χ4n) is 3.91. The fraction of sp³-hybridized carbons (Fsp3) is 0.217. The summed E-state index contributed by atoms with van der Waals surface area (Å²) in [5, 5.41) is 13.8. The highest BCUT2D eigenvalue weighted by Crippen LogP contribution is 2.40. The van der Waals surface area contributed by atoms with Crippen molar-refractivity contribution in [3.63, 3.8) is 0 Å². The maximum atomic E-state index is 12.4. The van der Waals surface area contributed by atoms with E-state index >= 15 is 0 Å². The highest BCUT2D eigenvalue weighted by Gasteiger charge is 2.38. The maximum Gasteiger partial charge on any atom is 0.250 e. The summed E-state index contributed by atoms with van der Waals surface area (Å²) < 4.78 is 1.99. The predicted octanol–water partition coefficient (Wildman–Crippen LogP) is 4.09. The van der Waals surface area contributed by atoms with Crippen molar-refractivity contribution < 1.29 is 4.79 Å². The van der Waals surface area contributed by atoms with Crippen LogP contribution in [0.25, 0.3) is 17.1 Å². The zero-order chi connectivity index (χ0) is 20.3. The molecule has 1 heterocycles. The molecule has 3 aromatic rings. The summed E-state index contributed by atoms with van der Waals surface area (Å²) in [4.78, 5) is 12.4. The van der Waals surface area contributed by atoms with Gasteiger partial charge in [0.15, 0.2) is 11.0 Å². The first kappa shape index (κ1) is 18.8. The van der Waals surface area contributed by atoms with E-state index in [2.05, 4.69) is 32.9 Å². The number of rotatable bonds is 6. The smallest absolute Gasteiger partial charge is 0.250 e. The number of nitrogens with zero attached hydrogens (tertiary/aromatic N) is 4. The molecule has 150 valence electrons. The van der Waals surface area contributed by atoms with Crippen LogP contribution in [0.3, 0.4) is 0 Å². The standard InChI is InChI=1S/C23H21N5OS/c29-21(25-24-20-14-17-10-7-13-19(17)20)15-30-23-27-26-22(16-8-3-1-4-9-16)28(23)18-11-5-2-6-12-18/h1-12,17,19H,13-15H2,(H,25,29)/b24-20+. The maximum absolute atomic E-state index is 12.4. The molecule has 1 amide bonds. The molecule has 1 fully saturated rings. The molecule has 6 nitrogen and oxygen atoms in total. The number of hydrazone groups is 1. The molecule has 2 aliphatic carbocycles. The molecule has 1 saturated carbocycles. The largest absolute Gasteiger partial charge is 0.272 e. The molecule has 2 aromatic carbocycles. The molecule has 0 aliphatic heterocycles. The number of hydrogen-bond donors (Lipinski definition) is 1. The molecular weight excluding hydrogens is 394 g/mol. The van der Waals surface area contributed by atoms with Crippen molar-refractivity contribution in [3.05, 3.63) is 72.8 Å². The minimum absolute atomic E-state index is 0.134. The lowest BCUT2D eigenvalue weighted by molar-refractivity contribution is -0.118. The number of thioether (sulfide) groups is 1. The monoisotopic (exact) mass is 415 g/mol. The van der Waals surface area contributed by atoms with Crippen LogP contribution in [0.2, 0.25) is 0 Å². The van der Waals surface area contributed by atoms with Gasteiger partial charge in [0.05, 0.1) is 5.75 Å². The summed E-state index contributed by atoms with van der Waals surface area (Å²) >= 11 is 1.36. The predicted molar refractivity (Wildman–Crippen MR) is 118 cm³/mol. The second-order valence-electron chi connectivity index (χ2n) is 7.41. The van der Waals surface area contributed by atoms with Crippen LogP contribution in [0.5, 0.6) is 0 Å². The molecule has 1 aromatic heterocycles. The Morgan fingerprint density at radius 1 is 1.10 bits per heavy atom. The van der Waals surface area contributed by atoms with Gasteiger partial charge in [-0.3, -0.25) is 9.36 Å². The molecule has 2 aliphatic rings. The average Bonchev–Trinajstić information content (AvgIpc) is 3.37. The molecule has 2 unspecified atom stereocenters. The van der Waals surface area contributed by atoms with Gasteiger partial charge >= 0.3 is 0 Å². The Morgan fingerprint density at radius 3 is 2.63 bits per heavy atom. The van der Waals surface area contributed by atoms with Crippen LogP contribution in [0, 0.1) is 11.8 Å². The minimum Gasteiger partial charge on any atom is -0.272 e. The van der Waals surface area contributed by atoms with Gasteiger partial charge < -0.3 is 0 Å². The van der Waals surface area contributed by atoms with Gasteiger partial charge in [-0.2, -0.15) is 5.10 Å². The van der Waals surface area contributed by atoms with Crippen LogP contribution in [-0.4, -0.2) is 32.1 Å². The van der Waals surface area contributed by atoms with Crippen molar-refractivity contribution in [2.45, 2.75) is 18.0 Å². The number of para-hydroxylation sites is 1. The number of amides is 1. The zero-order valence-electron chi connectivity index (χ0n) is 16.3. The van der Waals surface area contributed by atoms with E-state index in [-0.39, 0.29) is 11.7 Å². The third-order valence-corrected chi connectivity index (χ3v) is 6.43. The summed E-state index contributed by atoms with van der Waals surface area (Å²) in [7, 11) is 0. The lowest BCUT2D eigenvalue weighted by Gasteiger charge is -2.31. The molecule has 7 heteroatoms. The van der Waals surface area contributed by atoms with Gasteiger partial charge in [-0.25, -0.2) is 5.43 Å². The number of benzene rings is 2. The van der Waals surface area contributed by atoms with E-state index < -0.39 is 0 Å². The van der Waals surface area contributed by atoms with Crippen molar-refractivity contribution in [1.29, 1.82) is 0 Å². The Hall–Kier alpha value is -3.19. The van der Waals surface area contributed by atoms with Gasteiger partial charge in [0.1, 0.15) is 0 Å². The van der Waals surface area contributed by atoms with Gasteiger partial charge in [-0.05, 0) is 30.9 Å². The topological polar surface area (TPSA) is 72.2 Å². The zero-order valence-corrected chi connectivity index (χ0v) is 17.1. The number of carbonyl (C=O) groups is 1. The van der Waals surface area contributed by atoms with Crippen LogP contribution in [0.15, 0.2) is 83.1 Å². The van der Waals surface area contributed by atoms with Gasteiger partial charge in [-0.15, -0.1) is 10.2 Å². The Bertz CT molecular complexity index is 1110. The first-order valence-electron chi connectivity index (χ1n) is 10.0. The van der Waals surface area contributed by atoms with Crippen LogP contribution in [-0.2, 0) is 4.79 Å². The number of aromatic nitrogens is 3. The van der Waals surface area contributed by atoms with Gasteiger partial charge in [0, 0.05) is 22.9 Å². The van der Waals surface area contributed by atoms with Crippen molar-refractivity contribution in [1.82, 2.24) is 20.2 Å². The number of nitrogens with one attached hydrogen (secondary N) is 1. The highest BCUT2D eigenvalue weighted by atomic mass is 32.2. The van der Waals surface area contributed by atoms with Gasteiger partial charge in [0.2, 0.25) is 0 Å². The summed E-state index contributed by atoms with van der Waals surface area (Å²) in [5.41, 5.74) is 5.74. The molecule has 0 bridgehead atoms. The fourth-order valence-corrected chi connectivity index (χ4v) is 4.65. The van der Waals surface area contributed by atoms with E-state index in [1.165, 1.54) is 11.8 Å². The number of hydrogen-bond acceptors (Lipinski definition) is 5. The Balaban J connectivity index is 1.31. The minimum atomic E-state index is -0.134. The van der Waals surface area contributed by atoms with Crippen molar-refractivity contribution in [3.8, 4) is 17.1 Å². The third kappa shape index (κ3) is 3.68. The lowest BCUT2D eigenvalue weighted by Crippen LogP contribution is -2.35. The highest BCUT2D eigenvalue weighted by molar-refractivity contribution is 7.99. The normalized spacial score (nSPS) is 20.7. The first-order valence-corrected chi connectivity index (χ1v) is 11.0.